The molecule has 1 atom stereocenters. The number of aryl methyl sites for hydroxylation is 1. The van der Waals surface area contributed by atoms with Crippen LogP contribution in [0.1, 0.15) is 23.9 Å². The summed E-state index contributed by atoms with van der Waals surface area (Å²) >= 11 is 0. The molecule has 1 aromatic heterocycles. The van der Waals surface area contributed by atoms with Crippen LogP contribution in [0, 0.1) is 36.5 Å². The maximum Gasteiger partial charge on any atom is 0.350 e. The number of nitriles is 2. The van der Waals surface area contributed by atoms with Crippen molar-refractivity contribution in [2.75, 3.05) is 13.7 Å². The van der Waals surface area contributed by atoms with Gasteiger partial charge in [0.1, 0.15) is 17.7 Å². The minimum Gasteiger partial charge on any atom is -0.443 e. The second-order valence-corrected chi connectivity index (χ2v) is 4.82. The average molecular weight is 301 g/mol. The Labute approximate surface area is 130 Å². The van der Waals surface area contributed by atoms with Crippen LogP contribution in [0.15, 0.2) is 11.6 Å². The van der Waals surface area contributed by atoms with Gasteiger partial charge in [0, 0.05) is 25.0 Å². The Morgan fingerprint density at radius 3 is 2.68 bits per heavy atom. The van der Waals surface area contributed by atoms with E-state index in [-0.39, 0.29) is 5.57 Å². The SMILES string of the molecule is COCCn1c(C)cc(/C=C(\C#N)C(=O)O[C@H](C)C#N)c1C. The van der Waals surface area contributed by atoms with E-state index in [1.54, 1.807) is 13.2 Å². The van der Waals surface area contributed by atoms with Crippen molar-refractivity contribution < 1.29 is 14.3 Å². The fourth-order valence-corrected chi connectivity index (χ4v) is 2.04. The molecule has 22 heavy (non-hydrogen) atoms. The standard InChI is InChI=1S/C16H19N3O3/c1-11-7-14(13(3)19(11)5-6-21-4)8-15(10-18)16(20)22-12(2)9-17/h7-8,12H,5-6H2,1-4H3/b15-8+/t12-/m1/s1. The molecule has 6 nitrogen and oxygen atoms in total. The topological polar surface area (TPSA) is 88.0 Å². The van der Waals surface area contributed by atoms with Gasteiger partial charge in [-0.1, -0.05) is 0 Å². The molecule has 0 unspecified atom stereocenters. The van der Waals surface area contributed by atoms with Gasteiger partial charge in [0.15, 0.2) is 6.10 Å². The van der Waals surface area contributed by atoms with Crippen molar-refractivity contribution >= 4 is 12.0 Å². The van der Waals surface area contributed by atoms with E-state index >= 15 is 0 Å². The maximum absolute atomic E-state index is 11.8. The molecule has 0 radical (unpaired) electrons. The van der Waals surface area contributed by atoms with E-state index in [0.717, 1.165) is 17.0 Å². The third-order valence-electron chi connectivity index (χ3n) is 3.24. The predicted molar refractivity (Wildman–Crippen MR) is 80.5 cm³/mol. The molecule has 1 aromatic rings. The van der Waals surface area contributed by atoms with Gasteiger partial charge in [-0.15, -0.1) is 0 Å². The summed E-state index contributed by atoms with van der Waals surface area (Å²) in [7, 11) is 1.63. The summed E-state index contributed by atoms with van der Waals surface area (Å²) in [6, 6.07) is 5.50. The van der Waals surface area contributed by atoms with Crippen molar-refractivity contribution in [1.82, 2.24) is 4.57 Å². The van der Waals surface area contributed by atoms with Gasteiger partial charge in [0.25, 0.3) is 0 Å². The van der Waals surface area contributed by atoms with Crippen molar-refractivity contribution in [2.45, 2.75) is 33.4 Å². The zero-order valence-corrected chi connectivity index (χ0v) is 13.2. The van der Waals surface area contributed by atoms with Crippen LogP contribution < -0.4 is 0 Å². The first-order valence-corrected chi connectivity index (χ1v) is 6.82. The minimum atomic E-state index is -0.890. The smallest absolute Gasteiger partial charge is 0.350 e. The van der Waals surface area contributed by atoms with Crippen LogP contribution in [0.4, 0.5) is 0 Å². The lowest BCUT2D eigenvalue weighted by Crippen LogP contribution is -2.14. The number of esters is 1. The average Bonchev–Trinajstić information content (AvgIpc) is 2.76. The highest BCUT2D eigenvalue weighted by Gasteiger charge is 2.16. The summed E-state index contributed by atoms with van der Waals surface area (Å²) in [6.07, 6.45) is 0.594. The Bertz CT molecular complexity index is 659. The fraction of sp³-hybridized carbons (Fsp3) is 0.438. The monoisotopic (exact) mass is 301 g/mol. The van der Waals surface area contributed by atoms with Crippen molar-refractivity contribution in [2.24, 2.45) is 0 Å². The first-order valence-electron chi connectivity index (χ1n) is 6.82. The molecule has 0 aliphatic rings. The fourth-order valence-electron chi connectivity index (χ4n) is 2.04. The quantitative estimate of drug-likeness (QED) is 0.456. The Balaban J connectivity index is 3.07. The molecule has 6 heteroatoms. The number of aromatic nitrogens is 1. The van der Waals surface area contributed by atoms with E-state index < -0.39 is 12.1 Å². The van der Waals surface area contributed by atoms with Gasteiger partial charge in [0.05, 0.1) is 6.61 Å². The van der Waals surface area contributed by atoms with Gasteiger partial charge in [-0.3, -0.25) is 0 Å². The highest BCUT2D eigenvalue weighted by Crippen LogP contribution is 2.18. The molecule has 1 heterocycles. The Morgan fingerprint density at radius 1 is 1.45 bits per heavy atom. The Kier molecular flexibility index (Phi) is 6.37. The van der Waals surface area contributed by atoms with Gasteiger partial charge >= 0.3 is 5.97 Å². The first-order chi connectivity index (χ1) is 10.4. The van der Waals surface area contributed by atoms with E-state index in [1.165, 1.54) is 13.0 Å². The number of hydrogen-bond acceptors (Lipinski definition) is 5. The maximum atomic E-state index is 11.8. The van der Waals surface area contributed by atoms with Crippen LogP contribution in [0.3, 0.4) is 0 Å². The molecular weight excluding hydrogens is 282 g/mol. The van der Waals surface area contributed by atoms with Crippen LogP contribution >= 0.6 is 0 Å². The van der Waals surface area contributed by atoms with E-state index in [4.69, 9.17) is 20.0 Å². The van der Waals surface area contributed by atoms with Crippen LogP contribution in [0.2, 0.25) is 0 Å². The van der Waals surface area contributed by atoms with E-state index in [1.807, 2.05) is 30.6 Å². The second kappa shape index (κ2) is 8.02. The molecule has 116 valence electrons. The number of carbonyl (C=O) groups is 1. The first kappa shape index (κ1) is 17.5. The largest absolute Gasteiger partial charge is 0.443 e. The number of nitrogens with zero attached hydrogens (tertiary/aromatic N) is 3. The highest BCUT2D eigenvalue weighted by molar-refractivity contribution is 5.98. The third-order valence-corrected chi connectivity index (χ3v) is 3.24. The molecule has 0 saturated carbocycles. The summed E-state index contributed by atoms with van der Waals surface area (Å²) in [5.74, 6) is -0.793. The van der Waals surface area contributed by atoms with Crippen molar-refractivity contribution in [1.29, 1.82) is 10.5 Å². The minimum absolute atomic E-state index is 0.130. The summed E-state index contributed by atoms with van der Waals surface area (Å²) in [6.45, 7) is 6.57. The van der Waals surface area contributed by atoms with Crippen LogP contribution in [-0.2, 0) is 20.8 Å². The molecule has 0 N–H and O–H groups in total. The molecule has 0 amide bonds. The van der Waals surface area contributed by atoms with Gasteiger partial charge in [-0.05, 0) is 38.5 Å². The van der Waals surface area contributed by atoms with Crippen molar-refractivity contribution in [3.05, 3.63) is 28.6 Å². The van der Waals surface area contributed by atoms with Crippen molar-refractivity contribution in [3.63, 3.8) is 0 Å². The van der Waals surface area contributed by atoms with E-state index in [0.29, 0.717) is 13.2 Å². The summed E-state index contributed by atoms with van der Waals surface area (Å²) in [5, 5.41) is 17.8. The molecule has 0 saturated heterocycles. The lowest BCUT2D eigenvalue weighted by atomic mass is 10.1. The van der Waals surface area contributed by atoms with Crippen molar-refractivity contribution in [3.8, 4) is 12.1 Å². The van der Waals surface area contributed by atoms with Crippen LogP contribution in [-0.4, -0.2) is 30.4 Å². The van der Waals surface area contributed by atoms with E-state index in [2.05, 4.69) is 0 Å². The van der Waals surface area contributed by atoms with E-state index in [9.17, 15) is 4.79 Å². The van der Waals surface area contributed by atoms with Crippen LogP contribution in [0.5, 0.6) is 0 Å². The second-order valence-electron chi connectivity index (χ2n) is 4.82. The normalized spacial score (nSPS) is 12.4. The molecule has 0 aromatic carbocycles. The van der Waals surface area contributed by atoms with Crippen LogP contribution in [0.25, 0.3) is 6.08 Å². The number of carbonyl (C=O) groups excluding carboxylic acids is 1. The molecule has 0 aliphatic heterocycles. The third kappa shape index (κ3) is 4.21. The Hall–Kier alpha value is -2.57. The number of methoxy groups -OCH3 is 1. The van der Waals surface area contributed by atoms with Gasteiger partial charge in [-0.2, -0.15) is 10.5 Å². The van der Waals surface area contributed by atoms with Gasteiger partial charge in [0.2, 0.25) is 0 Å². The summed E-state index contributed by atoms with van der Waals surface area (Å²) in [4.78, 5) is 11.8. The Morgan fingerprint density at radius 2 is 2.14 bits per heavy atom. The number of hydrogen-bond donors (Lipinski definition) is 0. The predicted octanol–water partition coefficient (Wildman–Crippen LogP) is 2.11. The molecule has 0 aliphatic carbocycles. The molecule has 0 bridgehead atoms. The highest BCUT2D eigenvalue weighted by atomic mass is 16.5. The van der Waals surface area contributed by atoms with Gasteiger partial charge < -0.3 is 14.0 Å². The lowest BCUT2D eigenvalue weighted by Gasteiger charge is -2.08. The molecule has 0 spiro atoms. The molecular formula is C16H19N3O3. The lowest BCUT2D eigenvalue weighted by molar-refractivity contribution is -0.140. The summed E-state index contributed by atoms with van der Waals surface area (Å²) < 4.78 is 12.0. The zero-order valence-electron chi connectivity index (χ0n) is 13.2. The summed E-state index contributed by atoms with van der Waals surface area (Å²) in [5.41, 5.74) is 2.58. The number of ether oxygens (including phenoxy) is 2. The number of rotatable bonds is 6. The molecule has 1 rings (SSSR count). The molecule has 0 fully saturated rings. The zero-order chi connectivity index (χ0) is 16.7. The van der Waals surface area contributed by atoms with Gasteiger partial charge in [-0.25, -0.2) is 4.79 Å².